The molecule has 0 aromatic carbocycles. The Morgan fingerprint density at radius 2 is 2.06 bits per heavy atom. The molecule has 2 atom stereocenters. The zero-order chi connectivity index (χ0) is 12.8. The molecule has 1 aromatic heterocycles. The number of aromatic nitrogens is 2. The van der Waals surface area contributed by atoms with Crippen LogP contribution < -0.4 is 5.32 Å². The van der Waals surface area contributed by atoms with Crippen LogP contribution in [0.5, 0.6) is 0 Å². The maximum Gasteiger partial charge on any atom is 0.203 e. The van der Waals surface area contributed by atoms with Crippen LogP contribution in [0.4, 0.5) is 5.95 Å². The highest BCUT2D eigenvalue weighted by Gasteiger charge is 2.12. The van der Waals surface area contributed by atoms with Gasteiger partial charge in [0.1, 0.15) is 0 Å². The van der Waals surface area contributed by atoms with Gasteiger partial charge < -0.3 is 14.6 Å². The van der Waals surface area contributed by atoms with Crippen molar-refractivity contribution in [3.63, 3.8) is 0 Å². The van der Waals surface area contributed by atoms with Crippen molar-refractivity contribution < 1.29 is 4.74 Å². The van der Waals surface area contributed by atoms with Crippen molar-refractivity contribution in [2.45, 2.75) is 40.3 Å². The van der Waals surface area contributed by atoms with Gasteiger partial charge in [-0.2, -0.15) is 0 Å². The molecular weight excluding hydrogens is 214 g/mol. The number of hydrogen-bond donors (Lipinski definition) is 1. The molecule has 4 heteroatoms. The number of imidazole rings is 1. The molecule has 0 amide bonds. The van der Waals surface area contributed by atoms with Crippen LogP contribution in [0.15, 0.2) is 12.4 Å². The van der Waals surface area contributed by atoms with Crippen LogP contribution in [-0.4, -0.2) is 29.3 Å². The van der Waals surface area contributed by atoms with Crippen LogP contribution in [0, 0.1) is 11.8 Å². The number of anilines is 1. The average molecular weight is 239 g/mol. The van der Waals surface area contributed by atoms with Crippen LogP contribution >= 0.6 is 0 Å². The first-order valence-corrected chi connectivity index (χ1v) is 6.31. The van der Waals surface area contributed by atoms with Crippen LogP contribution in [-0.2, 0) is 11.3 Å². The highest BCUT2D eigenvalue weighted by molar-refractivity contribution is 5.27. The minimum Gasteiger partial charge on any atom is -0.383 e. The van der Waals surface area contributed by atoms with Gasteiger partial charge in [0.2, 0.25) is 5.95 Å². The summed E-state index contributed by atoms with van der Waals surface area (Å²) in [5.74, 6) is 2.26. The molecule has 0 aliphatic rings. The van der Waals surface area contributed by atoms with Gasteiger partial charge in [-0.1, -0.05) is 20.8 Å². The van der Waals surface area contributed by atoms with Crippen molar-refractivity contribution in [2.75, 3.05) is 19.0 Å². The van der Waals surface area contributed by atoms with Crippen molar-refractivity contribution in [1.29, 1.82) is 0 Å². The highest BCUT2D eigenvalue weighted by Crippen LogP contribution is 2.15. The second-order valence-electron chi connectivity index (χ2n) is 5.13. The van der Waals surface area contributed by atoms with Gasteiger partial charge in [0, 0.05) is 32.1 Å². The van der Waals surface area contributed by atoms with Gasteiger partial charge in [-0.25, -0.2) is 4.98 Å². The van der Waals surface area contributed by atoms with Crippen LogP contribution in [0.2, 0.25) is 0 Å². The summed E-state index contributed by atoms with van der Waals surface area (Å²) in [5.41, 5.74) is 0. The Kier molecular flexibility index (Phi) is 5.48. The third-order valence-electron chi connectivity index (χ3n) is 3.13. The van der Waals surface area contributed by atoms with E-state index in [4.69, 9.17) is 4.74 Å². The maximum atomic E-state index is 5.11. The molecule has 17 heavy (non-hydrogen) atoms. The largest absolute Gasteiger partial charge is 0.383 e. The third kappa shape index (κ3) is 4.38. The summed E-state index contributed by atoms with van der Waals surface area (Å²) >= 11 is 0. The molecule has 0 spiro atoms. The summed E-state index contributed by atoms with van der Waals surface area (Å²) in [4.78, 5) is 4.35. The standard InChI is InChI=1S/C13H25N3O/c1-10(2)11(3)8-16-7-6-14-13(16)15-12(4)9-17-5/h6-7,10-12H,8-9H2,1-5H3,(H,14,15). The summed E-state index contributed by atoms with van der Waals surface area (Å²) in [6.45, 7) is 10.6. The third-order valence-corrected chi connectivity index (χ3v) is 3.13. The lowest BCUT2D eigenvalue weighted by molar-refractivity contribution is 0.190. The van der Waals surface area contributed by atoms with E-state index in [-0.39, 0.29) is 6.04 Å². The predicted molar refractivity (Wildman–Crippen MR) is 71.2 cm³/mol. The van der Waals surface area contributed by atoms with Crippen LogP contribution in [0.25, 0.3) is 0 Å². The van der Waals surface area contributed by atoms with E-state index in [1.54, 1.807) is 7.11 Å². The minimum atomic E-state index is 0.274. The molecule has 1 aromatic rings. The molecule has 0 saturated carbocycles. The summed E-state index contributed by atoms with van der Waals surface area (Å²) in [6, 6.07) is 0.274. The van der Waals surface area contributed by atoms with Crippen molar-refractivity contribution in [2.24, 2.45) is 11.8 Å². The van der Waals surface area contributed by atoms with E-state index >= 15 is 0 Å². The van der Waals surface area contributed by atoms with Crippen LogP contribution in [0.3, 0.4) is 0 Å². The summed E-state index contributed by atoms with van der Waals surface area (Å²) in [5, 5.41) is 3.36. The lowest BCUT2D eigenvalue weighted by Crippen LogP contribution is -2.24. The van der Waals surface area contributed by atoms with Crippen molar-refractivity contribution in [3.05, 3.63) is 12.4 Å². The number of hydrogen-bond acceptors (Lipinski definition) is 3. The lowest BCUT2D eigenvalue weighted by atomic mass is 9.98. The van der Waals surface area contributed by atoms with Crippen molar-refractivity contribution in [3.8, 4) is 0 Å². The molecule has 0 fully saturated rings. The molecule has 0 radical (unpaired) electrons. The van der Waals surface area contributed by atoms with E-state index in [1.807, 2.05) is 12.4 Å². The summed E-state index contributed by atoms with van der Waals surface area (Å²) < 4.78 is 7.29. The smallest absolute Gasteiger partial charge is 0.203 e. The summed E-state index contributed by atoms with van der Waals surface area (Å²) in [6.07, 6.45) is 3.87. The molecule has 98 valence electrons. The van der Waals surface area contributed by atoms with Gasteiger partial charge >= 0.3 is 0 Å². The zero-order valence-corrected chi connectivity index (χ0v) is 11.6. The second kappa shape index (κ2) is 6.64. The normalized spacial score (nSPS) is 14.9. The number of nitrogens with one attached hydrogen (secondary N) is 1. The zero-order valence-electron chi connectivity index (χ0n) is 11.6. The van der Waals surface area contributed by atoms with Gasteiger partial charge in [0.05, 0.1) is 6.61 Å². The molecule has 1 rings (SSSR count). The molecule has 0 saturated heterocycles. The SMILES string of the molecule is COCC(C)Nc1nccn1CC(C)C(C)C. The lowest BCUT2D eigenvalue weighted by Gasteiger charge is -2.19. The fraction of sp³-hybridized carbons (Fsp3) is 0.769. The number of rotatable bonds is 7. The van der Waals surface area contributed by atoms with Gasteiger partial charge in [-0.05, 0) is 18.8 Å². The Labute approximate surface area is 104 Å². The monoisotopic (exact) mass is 239 g/mol. The molecule has 1 N–H and O–H groups in total. The minimum absolute atomic E-state index is 0.274. The Morgan fingerprint density at radius 3 is 2.65 bits per heavy atom. The number of methoxy groups -OCH3 is 1. The molecule has 0 aliphatic heterocycles. The van der Waals surface area contributed by atoms with E-state index in [2.05, 4.69) is 42.6 Å². The predicted octanol–water partition coefficient (Wildman–Crippen LogP) is 2.62. The van der Waals surface area contributed by atoms with Gasteiger partial charge in [-0.3, -0.25) is 0 Å². The van der Waals surface area contributed by atoms with E-state index in [1.165, 1.54) is 0 Å². The quantitative estimate of drug-likeness (QED) is 0.795. The first-order chi connectivity index (χ1) is 8.04. The Morgan fingerprint density at radius 1 is 1.35 bits per heavy atom. The highest BCUT2D eigenvalue weighted by atomic mass is 16.5. The van der Waals surface area contributed by atoms with Crippen molar-refractivity contribution in [1.82, 2.24) is 9.55 Å². The number of nitrogens with zero attached hydrogens (tertiary/aromatic N) is 2. The topological polar surface area (TPSA) is 39.1 Å². The van der Waals surface area contributed by atoms with E-state index in [0.29, 0.717) is 18.4 Å². The molecule has 2 unspecified atom stereocenters. The molecule has 0 aliphatic carbocycles. The number of ether oxygens (including phenoxy) is 1. The molecule has 1 heterocycles. The average Bonchev–Trinajstić information content (AvgIpc) is 2.65. The van der Waals surface area contributed by atoms with Gasteiger partial charge in [0.15, 0.2) is 0 Å². The molecular formula is C13H25N3O. The molecule has 0 bridgehead atoms. The molecule has 4 nitrogen and oxygen atoms in total. The maximum absolute atomic E-state index is 5.11. The Balaban J connectivity index is 2.59. The van der Waals surface area contributed by atoms with Crippen LogP contribution in [0.1, 0.15) is 27.7 Å². The summed E-state index contributed by atoms with van der Waals surface area (Å²) in [7, 11) is 1.71. The van der Waals surface area contributed by atoms with Gasteiger partial charge in [-0.15, -0.1) is 0 Å². The van der Waals surface area contributed by atoms with Gasteiger partial charge in [0.25, 0.3) is 0 Å². The first kappa shape index (κ1) is 14.0. The van der Waals surface area contributed by atoms with Crippen molar-refractivity contribution >= 4 is 5.95 Å². The van der Waals surface area contributed by atoms with E-state index < -0.39 is 0 Å². The fourth-order valence-corrected chi connectivity index (χ4v) is 1.63. The first-order valence-electron chi connectivity index (χ1n) is 6.31. The van der Waals surface area contributed by atoms with E-state index in [9.17, 15) is 0 Å². The Hall–Kier alpha value is -1.03. The van der Waals surface area contributed by atoms with E-state index in [0.717, 1.165) is 12.5 Å². The Bertz CT molecular complexity index is 322. The fourth-order valence-electron chi connectivity index (χ4n) is 1.63. The second-order valence-corrected chi connectivity index (χ2v) is 5.13.